The van der Waals surface area contributed by atoms with Crippen molar-refractivity contribution in [3.8, 4) is 6.07 Å². The molecule has 1 amide bonds. The fraction of sp³-hybridized carbons (Fsp3) is 0.273. The van der Waals surface area contributed by atoms with Gasteiger partial charge in [-0.05, 0) is 13.0 Å². The molecule has 0 aliphatic rings. The number of amides is 1. The number of nitro benzene ring substituents is 1. The first-order valence-corrected chi connectivity index (χ1v) is 5.10. The molecule has 0 saturated heterocycles. The van der Waals surface area contributed by atoms with Crippen LogP contribution in [0.1, 0.15) is 12.5 Å². The molecule has 0 atom stereocenters. The average molecular weight is 249 g/mol. The van der Waals surface area contributed by atoms with Crippen molar-refractivity contribution in [1.82, 2.24) is 0 Å². The van der Waals surface area contributed by atoms with E-state index < -0.39 is 11.0 Å². The van der Waals surface area contributed by atoms with Crippen molar-refractivity contribution in [1.29, 1.82) is 5.26 Å². The quantitative estimate of drug-likeness (QED) is 0.603. The van der Waals surface area contributed by atoms with E-state index in [0.29, 0.717) is 0 Å². The first-order valence-electron chi connectivity index (χ1n) is 5.10. The summed E-state index contributed by atoms with van der Waals surface area (Å²) in [4.78, 5) is 22.6. The zero-order valence-corrected chi connectivity index (χ0v) is 9.91. The second-order valence-corrected chi connectivity index (χ2v) is 3.33. The van der Waals surface area contributed by atoms with E-state index in [2.05, 4.69) is 0 Å². The monoisotopic (exact) mass is 249 g/mol. The van der Waals surface area contributed by atoms with Gasteiger partial charge in [-0.2, -0.15) is 5.26 Å². The number of nitrogens with zero attached hydrogens (tertiary/aromatic N) is 3. The lowest BCUT2D eigenvalue weighted by Crippen LogP contribution is -2.27. The lowest BCUT2D eigenvalue weighted by molar-refractivity contribution is -0.384. The van der Waals surface area contributed by atoms with Gasteiger partial charge in [0.05, 0.1) is 22.8 Å². The van der Waals surface area contributed by atoms with Crippen molar-refractivity contribution >= 4 is 17.5 Å². The average Bonchev–Trinajstić information content (AvgIpc) is 2.37. The Morgan fingerprint density at radius 2 is 2.28 bits per heavy atom. The third-order valence-electron chi connectivity index (χ3n) is 2.22. The second-order valence-electron chi connectivity index (χ2n) is 3.33. The molecule has 18 heavy (non-hydrogen) atoms. The molecule has 1 aromatic rings. The number of hydrogen-bond acceptors (Lipinski definition) is 5. The number of nitro groups is 1. The normalized spacial score (nSPS) is 9.39. The van der Waals surface area contributed by atoms with Crippen LogP contribution in [-0.2, 0) is 4.74 Å². The standard InChI is InChI=1S/C11H11N3O4/c1-3-18-11(15)13(2)10-6-9(14(16)17)5-4-8(10)7-12/h4-6H,3H2,1-2H3. The highest BCUT2D eigenvalue weighted by atomic mass is 16.6. The minimum Gasteiger partial charge on any atom is -0.449 e. The highest BCUT2D eigenvalue weighted by Crippen LogP contribution is 2.25. The maximum Gasteiger partial charge on any atom is 0.414 e. The van der Waals surface area contributed by atoms with Crippen LogP contribution < -0.4 is 4.90 Å². The fourth-order valence-electron chi connectivity index (χ4n) is 1.32. The molecule has 7 heteroatoms. The summed E-state index contributed by atoms with van der Waals surface area (Å²) < 4.78 is 4.77. The van der Waals surface area contributed by atoms with Gasteiger partial charge < -0.3 is 4.74 Å². The SMILES string of the molecule is CCOC(=O)N(C)c1cc([N+](=O)[O-])ccc1C#N. The summed E-state index contributed by atoms with van der Waals surface area (Å²) in [5.74, 6) is 0. The maximum absolute atomic E-state index is 11.5. The van der Waals surface area contributed by atoms with Crippen LogP contribution in [0.25, 0.3) is 0 Å². The highest BCUT2D eigenvalue weighted by Gasteiger charge is 2.19. The molecule has 0 aliphatic heterocycles. The largest absolute Gasteiger partial charge is 0.449 e. The van der Waals surface area contributed by atoms with Gasteiger partial charge in [-0.25, -0.2) is 4.79 Å². The third-order valence-corrected chi connectivity index (χ3v) is 2.22. The van der Waals surface area contributed by atoms with Crippen LogP contribution in [0.2, 0.25) is 0 Å². The Hall–Kier alpha value is -2.62. The lowest BCUT2D eigenvalue weighted by Gasteiger charge is -2.17. The number of anilines is 1. The summed E-state index contributed by atoms with van der Waals surface area (Å²) in [6.07, 6.45) is -0.672. The van der Waals surface area contributed by atoms with Gasteiger partial charge in [0, 0.05) is 19.2 Å². The highest BCUT2D eigenvalue weighted by molar-refractivity contribution is 5.89. The van der Waals surface area contributed by atoms with Crippen LogP contribution in [0.3, 0.4) is 0 Å². The molecule has 0 saturated carbocycles. The van der Waals surface area contributed by atoms with E-state index in [1.807, 2.05) is 6.07 Å². The molecule has 94 valence electrons. The van der Waals surface area contributed by atoms with E-state index in [-0.39, 0.29) is 23.5 Å². The van der Waals surface area contributed by atoms with Crippen molar-refractivity contribution in [2.45, 2.75) is 6.92 Å². The number of carbonyl (C=O) groups is 1. The van der Waals surface area contributed by atoms with Gasteiger partial charge in [0.2, 0.25) is 0 Å². The Balaban J connectivity index is 3.20. The molecule has 0 radical (unpaired) electrons. The molecule has 0 spiro atoms. The topological polar surface area (TPSA) is 96.5 Å². The van der Waals surface area contributed by atoms with Crippen LogP contribution in [-0.4, -0.2) is 24.7 Å². The van der Waals surface area contributed by atoms with Gasteiger partial charge in [-0.3, -0.25) is 15.0 Å². The van der Waals surface area contributed by atoms with E-state index in [0.717, 1.165) is 11.0 Å². The third kappa shape index (κ3) is 2.74. The summed E-state index contributed by atoms with van der Waals surface area (Å²) in [6.45, 7) is 1.82. The van der Waals surface area contributed by atoms with Gasteiger partial charge in [-0.15, -0.1) is 0 Å². The molecule has 0 fully saturated rings. The molecule has 7 nitrogen and oxygen atoms in total. The van der Waals surface area contributed by atoms with E-state index in [1.165, 1.54) is 19.2 Å². The van der Waals surface area contributed by atoms with Gasteiger partial charge in [0.25, 0.3) is 5.69 Å². The summed E-state index contributed by atoms with van der Waals surface area (Å²) in [7, 11) is 1.39. The molecular formula is C11H11N3O4. The van der Waals surface area contributed by atoms with Crippen molar-refractivity contribution in [2.24, 2.45) is 0 Å². The zero-order valence-electron chi connectivity index (χ0n) is 9.91. The van der Waals surface area contributed by atoms with Gasteiger partial charge >= 0.3 is 6.09 Å². The maximum atomic E-state index is 11.5. The molecule has 0 heterocycles. The number of ether oxygens (including phenoxy) is 1. The van der Waals surface area contributed by atoms with Crippen LogP contribution in [0.5, 0.6) is 0 Å². The smallest absolute Gasteiger partial charge is 0.414 e. The number of carbonyl (C=O) groups excluding carboxylic acids is 1. The molecule has 0 unspecified atom stereocenters. The Labute approximate surface area is 103 Å². The van der Waals surface area contributed by atoms with Crippen molar-refractivity contribution < 1.29 is 14.5 Å². The molecule has 0 aliphatic carbocycles. The Bertz CT molecular complexity index is 522. The van der Waals surface area contributed by atoms with Crippen molar-refractivity contribution in [3.05, 3.63) is 33.9 Å². The van der Waals surface area contributed by atoms with Crippen molar-refractivity contribution in [2.75, 3.05) is 18.6 Å². The first-order chi connectivity index (χ1) is 8.51. The van der Waals surface area contributed by atoms with Gasteiger partial charge in [0.15, 0.2) is 0 Å². The van der Waals surface area contributed by atoms with Crippen molar-refractivity contribution in [3.63, 3.8) is 0 Å². The molecule has 0 bridgehead atoms. The first kappa shape index (κ1) is 13.4. The Morgan fingerprint density at radius 1 is 1.61 bits per heavy atom. The number of nitriles is 1. The number of benzene rings is 1. The minimum atomic E-state index is -0.672. The number of hydrogen-bond donors (Lipinski definition) is 0. The minimum absolute atomic E-state index is 0.144. The van der Waals surface area contributed by atoms with Crippen LogP contribution in [0, 0.1) is 21.4 Å². The van der Waals surface area contributed by atoms with Gasteiger partial charge in [-0.1, -0.05) is 0 Å². The molecule has 0 N–H and O–H groups in total. The predicted octanol–water partition coefficient (Wildman–Crippen LogP) is 2.06. The summed E-state index contributed by atoms with van der Waals surface area (Å²) >= 11 is 0. The second kappa shape index (κ2) is 5.63. The van der Waals surface area contributed by atoms with Crippen LogP contribution in [0.4, 0.5) is 16.2 Å². The van der Waals surface area contributed by atoms with Crippen LogP contribution >= 0.6 is 0 Å². The zero-order chi connectivity index (χ0) is 13.7. The van der Waals surface area contributed by atoms with E-state index in [9.17, 15) is 14.9 Å². The van der Waals surface area contributed by atoms with E-state index in [4.69, 9.17) is 10.00 Å². The lowest BCUT2D eigenvalue weighted by atomic mass is 10.1. The molecule has 1 aromatic carbocycles. The summed E-state index contributed by atoms with van der Waals surface area (Å²) in [6, 6.07) is 5.53. The van der Waals surface area contributed by atoms with Crippen LogP contribution in [0.15, 0.2) is 18.2 Å². The summed E-state index contributed by atoms with van der Waals surface area (Å²) in [5, 5.41) is 19.6. The fourth-order valence-corrected chi connectivity index (χ4v) is 1.32. The predicted molar refractivity (Wildman–Crippen MR) is 63.2 cm³/mol. The van der Waals surface area contributed by atoms with E-state index >= 15 is 0 Å². The Kier molecular flexibility index (Phi) is 4.21. The molecule has 0 aromatic heterocycles. The number of rotatable bonds is 3. The number of non-ortho nitro benzene ring substituents is 1. The molecule has 1 rings (SSSR count). The Morgan fingerprint density at radius 3 is 2.78 bits per heavy atom. The molecular weight excluding hydrogens is 238 g/mol. The van der Waals surface area contributed by atoms with E-state index in [1.54, 1.807) is 6.92 Å². The van der Waals surface area contributed by atoms with Gasteiger partial charge in [0.1, 0.15) is 6.07 Å². The summed E-state index contributed by atoms with van der Waals surface area (Å²) in [5.41, 5.74) is 0.112.